The van der Waals surface area contributed by atoms with Crippen molar-refractivity contribution in [3.05, 3.63) is 64.7 Å². The van der Waals surface area contributed by atoms with E-state index in [1.165, 1.54) is 24.0 Å². The Hall–Kier alpha value is -2.82. The van der Waals surface area contributed by atoms with Gasteiger partial charge in [0.15, 0.2) is 0 Å². The summed E-state index contributed by atoms with van der Waals surface area (Å²) in [6.07, 6.45) is 5.20. The number of hydrogen-bond donors (Lipinski definition) is 3. The fourth-order valence-electron chi connectivity index (χ4n) is 3.48. The topological polar surface area (TPSA) is 70.2 Å². The molecule has 1 aliphatic rings. The number of aryl methyl sites for hydroxylation is 2. The highest BCUT2D eigenvalue weighted by molar-refractivity contribution is 5.89. The molecule has 0 fully saturated rings. The van der Waals surface area contributed by atoms with Gasteiger partial charge in [-0.25, -0.2) is 4.79 Å². The molecule has 0 radical (unpaired) electrons. The Balaban J connectivity index is 1.47. The standard InChI is InChI=1S/C23H29N3O2/c1-16(2)25-23(28)26-21-11-8-17(9-12-21)15-24-22(27)14-18-7-10-19-5-3-4-6-20(19)13-18/h7-13,16H,3-6,14-15H2,1-2H3,(H,24,27)(H2,25,26,28). The van der Waals surface area contributed by atoms with Crippen LogP contribution >= 0.6 is 0 Å². The van der Waals surface area contributed by atoms with Gasteiger partial charge in [-0.05, 0) is 73.9 Å². The normalized spacial score (nSPS) is 13.0. The average Bonchev–Trinajstić information content (AvgIpc) is 2.67. The molecule has 0 aliphatic heterocycles. The van der Waals surface area contributed by atoms with Crippen LogP contribution in [0.5, 0.6) is 0 Å². The van der Waals surface area contributed by atoms with Crippen LogP contribution in [0.3, 0.4) is 0 Å². The second kappa shape index (κ2) is 9.40. The van der Waals surface area contributed by atoms with Crippen LogP contribution in [0.2, 0.25) is 0 Å². The van der Waals surface area contributed by atoms with Crippen molar-refractivity contribution in [2.75, 3.05) is 5.32 Å². The van der Waals surface area contributed by atoms with Crippen LogP contribution in [-0.4, -0.2) is 18.0 Å². The first kappa shape index (κ1) is 19.9. The van der Waals surface area contributed by atoms with Crippen LogP contribution in [0.15, 0.2) is 42.5 Å². The zero-order valence-corrected chi connectivity index (χ0v) is 16.7. The van der Waals surface area contributed by atoms with E-state index in [0.717, 1.165) is 29.7 Å². The van der Waals surface area contributed by atoms with Crippen molar-refractivity contribution in [3.8, 4) is 0 Å². The molecule has 3 rings (SSSR count). The molecule has 28 heavy (non-hydrogen) atoms. The van der Waals surface area contributed by atoms with Crippen molar-refractivity contribution < 1.29 is 9.59 Å². The van der Waals surface area contributed by atoms with E-state index in [9.17, 15) is 9.59 Å². The summed E-state index contributed by atoms with van der Waals surface area (Å²) in [5.41, 5.74) is 5.64. The van der Waals surface area contributed by atoms with E-state index < -0.39 is 0 Å². The van der Waals surface area contributed by atoms with Crippen LogP contribution in [0.1, 0.15) is 48.9 Å². The fraction of sp³-hybridized carbons (Fsp3) is 0.391. The maximum atomic E-state index is 12.3. The molecule has 0 saturated heterocycles. The lowest BCUT2D eigenvalue weighted by Gasteiger charge is -2.16. The Bertz CT molecular complexity index is 828. The van der Waals surface area contributed by atoms with Gasteiger partial charge in [0, 0.05) is 18.3 Å². The van der Waals surface area contributed by atoms with Gasteiger partial charge in [-0.15, -0.1) is 0 Å². The maximum absolute atomic E-state index is 12.3. The summed E-state index contributed by atoms with van der Waals surface area (Å²) in [6, 6.07) is 13.8. The van der Waals surface area contributed by atoms with Gasteiger partial charge in [0.25, 0.3) is 0 Å². The first-order valence-corrected chi connectivity index (χ1v) is 10.0. The lowest BCUT2D eigenvalue weighted by molar-refractivity contribution is -0.120. The van der Waals surface area contributed by atoms with Gasteiger partial charge >= 0.3 is 6.03 Å². The Labute approximate surface area is 166 Å². The first-order chi connectivity index (χ1) is 13.5. The number of amides is 3. The molecule has 2 aromatic rings. The second-order valence-electron chi connectivity index (χ2n) is 7.71. The minimum atomic E-state index is -0.221. The van der Waals surface area contributed by atoms with Gasteiger partial charge in [-0.1, -0.05) is 30.3 Å². The lowest BCUT2D eigenvalue weighted by atomic mass is 9.90. The SMILES string of the molecule is CC(C)NC(=O)Nc1ccc(CNC(=O)Cc2ccc3c(c2)CCCC3)cc1. The highest BCUT2D eigenvalue weighted by Gasteiger charge is 2.11. The van der Waals surface area contributed by atoms with Crippen LogP contribution in [-0.2, 0) is 30.6 Å². The van der Waals surface area contributed by atoms with E-state index >= 15 is 0 Å². The van der Waals surface area contributed by atoms with Gasteiger partial charge in [0.05, 0.1) is 6.42 Å². The number of hydrogen-bond acceptors (Lipinski definition) is 2. The first-order valence-electron chi connectivity index (χ1n) is 10.0. The Morgan fingerprint density at radius 1 is 0.929 bits per heavy atom. The molecule has 0 atom stereocenters. The summed E-state index contributed by atoms with van der Waals surface area (Å²) >= 11 is 0. The Morgan fingerprint density at radius 2 is 1.61 bits per heavy atom. The van der Waals surface area contributed by atoms with E-state index in [-0.39, 0.29) is 18.0 Å². The fourth-order valence-corrected chi connectivity index (χ4v) is 3.48. The Morgan fingerprint density at radius 3 is 2.32 bits per heavy atom. The molecule has 148 valence electrons. The second-order valence-corrected chi connectivity index (χ2v) is 7.71. The molecule has 0 spiro atoms. The number of rotatable bonds is 6. The molecule has 0 bridgehead atoms. The maximum Gasteiger partial charge on any atom is 0.319 e. The van der Waals surface area contributed by atoms with E-state index in [4.69, 9.17) is 0 Å². The van der Waals surface area contributed by atoms with E-state index in [0.29, 0.717) is 13.0 Å². The predicted octanol–water partition coefficient (Wildman–Crippen LogP) is 3.95. The molecule has 3 N–H and O–H groups in total. The minimum absolute atomic E-state index is 0.0225. The zero-order valence-electron chi connectivity index (χ0n) is 16.7. The van der Waals surface area contributed by atoms with Gasteiger partial charge < -0.3 is 16.0 Å². The summed E-state index contributed by atoms with van der Waals surface area (Å²) in [6.45, 7) is 4.30. The van der Waals surface area contributed by atoms with E-state index in [2.05, 4.69) is 34.1 Å². The monoisotopic (exact) mass is 379 g/mol. The quantitative estimate of drug-likeness (QED) is 0.711. The Kier molecular flexibility index (Phi) is 6.69. The molecule has 1 aliphatic carbocycles. The van der Waals surface area contributed by atoms with Gasteiger partial charge in [-0.2, -0.15) is 0 Å². The van der Waals surface area contributed by atoms with Gasteiger partial charge in [0.1, 0.15) is 0 Å². The number of anilines is 1. The molecule has 0 unspecified atom stereocenters. The number of carbonyl (C=O) groups is 2. The van der Waals surface area contributed by atoms with Crippen molar-refractivity contribution in [3.63, 3.8) is 0 Å². The third-order valence-corrected chi connectivity index (χ3v) is 4.90. The summed E-state index contributed by atoms with van der Waals surface area (Å²) in [5, 5.41) is 8.54. The summed E-state index contributed by atoms with van der Waals surface area (Å²) in [5.74, 6) is 0.0225. The highest BCUT2D eigenvalue weighted by atomic mass is 16.2. The number of urea groups is 1. The molecular weight excluding hydrogens is 350 g/mol. The lowest BCUT2D eigenvalue weighted by Crippen LogP contribution is -2.34. The smallest absolute Gasteiger partial charge is 0.319 e. The van der Waals surface area contributed by atoms with Crippen molar-refractivity contribution in [1.29, 1.82) is 0 Å². The molecule has 0 aromatic heterocycles. The summed E-state index contributed by atoms with van der Waals surface area (Å²) in [4.78, 5) is 24.0. The van der Waals surface area contributed by atoms with Crippen LogP contribution in [0.4, 0.5) is 10.5 Å². The number of benzene rings is 2. The largest absolute Gasteiger partial charge is 0.352 e. The van der Waals surface area contributed by atoms with Crippen LogP contribution < -0.4 is 16.0 Å². The van der Waals surface area contributed by atoms with Gasteiger partial charge in [-0.3, -0.25) is 4.79 Å². The third-order valence-electron chi connectivity index (χ3n) is 4.90. The number of nitrogens with one attached hydrogen (secondary N) is 3. The molecule has 5 nitrogen and oxygen atoms in total. The molecule has 5 heteroatoms. The third kappa shape index (κ3) is 5.84. The van der Waals surface area contributed by atoms with Crippen LogP contribution in [0, 0.1) is 0 Å². The molecular formula is C23H29N3O2. The summed E-state index contributed by atoms with van der Waals surface area (Å²) < 4.78 is 0. The minimum Gasteiger partial charge on any atom is -0.352 e. The van der Waals surface area contributed by atoms with Crippen LogP contribution in [0.25, 0.3) is 0 Å². The van der Waals surface area contributed by atoms with E-state index in [1.807, 2.05) is 38.1 Å². The zero-order chi connectivity index (χ0) is 19.9. The van der Waals surface area contributed by atoms with Gasteiger partial charge in [0.2, 0.25) is 5.91 Å². The average molecular weight is 380 g/mol. The van der Waals surface area contributed by atoms with Crippen molar-refractivity contribution in [2.45, 2.75) is 58.5 Å². The number of fused-ring (bicyclic) bond motifs is 1. The molecule has 3 amide bonds. The van der Waals surface area contributed by atoms with Crippen molar-refractivity contribution in [1.82, 2.24) is 10.6 Å². The van der Waals surface area contributed by atoms with Crippen molar-refractivity contribution >= 4 is 17.6 Å². The van der Waals surface area contributed by atoms with E-state index in [1.54, 1.807) is 0 Å². The molecule has 0 saturated carbocycles. The molecule has 0 heterocycles. The van der Waals surface area contributed by atoms with Crippen molar-refractivity contribution in [2.24, 2.45) is 0 Å². The highest BCUT2D eigenvalue weighted by Crippen LogP contribution is 2.22. The number of carbonyl (C=O) groups excluding carboxylic acids is 2. The molecule has 2 aromatic carbocycles. The predicted molar refractivity (Wildman–Crippen MR) is 112 cm³/mol. The summed E-state index contributed by atoms with van der Waals surface area (Å²) in [7, 11) is 0.